The van der Waals surface area contributed by atoms with Gasteiger partial charge >= 0.3 is 0 Å². The molecule has 11 rings (SSSR count). The maximum Gasteiger partial charge on any atom is 0.0726 e. The molecule has 2 aliphatic carbocycles. The SMILES string of the molecule is C=CC1=C(/C=C\C)C2(c3ccccc31)c1ccccc1-c1ccc(N(C(/C=C\C(=C)c3ccc4c(c3)c3ccccc3n4-c3cccc(C)c3)=C/C)c3ccc(-c4ccccc4)cc3)cc12. The minimum atomic E-state index is -0.515. The second-order valence-corrected chi connectivity index (χ2v) is 17.3. The van der Waals surface area contributed by atoms with E-state index in [9.17, 15) is 0 Å². The highest BCUT2D eigenvalue weighted by molar-refractivity contribution is 6.10. The molecule has 316 valence electrons. The van der Waals surface area contributed by atoms with Gasteiger partial charge in [0, 0.05) is 33.5 Å². The van der Waals surface area contributed by atoms with Crippen LogP contribution in [0.15, 0.2) is 249 Å². The van der Waals surface area contributed by atoms with Gasteiger partial charge in [0.2, 0.25) is 0 Å². The molecule has 0 fully saturated rings. The van der Waals surface area contributed by atoms with Gasteiger partial charge in [-0.05, 0) is 154 Å². The largest absolute Gasteiger partial charge is 0.311 e. The molecule has 9 aromatic rings. The summed E-state index contributed by atoms with van der Waals surface area (Å²) in [7, 11) is 0. The van der Waals surface area contributed by atoms with Crippen molar-refractivity contribution in [1.29, 1.82) is 0 Å². The van der Waals surface area contributed by atoms with Gasteiger partial charge in [0.05, 0.1) is 16.4 Å². The number of benzene rings is 8. The van der Waals surface area contributed by atoms with E-state index in [0.29, 0.717) is 0 Å². The van der Waals surface area contributed by atoms with E-state index in [4.69, 9.17) is 0 Å². The summed E-state index contributed by atoms with van der Waals surface area (Å²) in [6.07, 6.45) is 13.1. The zero-order valence-corrected chi connectivity index (χ0v) is 37.7. The number of fused-ring (bicyclic) bond motifs is 10. The van der Waals surface area contributed by atoms with Gasteiger partial charge in [0.1, 0.15) is 0 Å². The van der Waals surface area contributed by atoms with E-state index in [2.05, 4.69) is 262 Å². The van der Waals surface area contributed by atoms with Crippen LogP contribution >= 0.6 is 0 Å². The lowest BCUT2D eigenvalue weighted by Crippen LogP contribution is -2.27. The van der Waals surface area contributed by atoms with E-state index in [-0.39, 0.29) is 0 Å². The van der Waals surface area contributed by atoms with Crippen LogP contribution in [0.2, 0.25) is 0 Å². The van der Waals surface area contributed by atoms with Crippen molar-refractivity contribution in [2.24, 2.45) is 0 Å². The molecule has 8 aromatic carbocycles. The first-order valence-electron chi connectivity index (χ1n) is 22.9. The number of para-hydroxylation sites is 1. The molecule has 1 atom stereocenters. The second-order valence-electron chi connectivity index (χ2n) is 17.3. The Labute approximate surface area is 388 Å². The van der Waals surface area contributed by atoms with Crippen molar-refractivity contribution in [2.75, 3.05) is 4.90 Å². The Balaban J connectivity index is 1.05. The first kappa shape index (κ1) is 40.6. The van der Waals surface area contributed by atoms with Gasteiger partial charge in [-0.1, -0.05) is 177 Å². The Morgan fingerprint density at radius 3 is 1.98 bits per heavy atom. The summed E-state index contributed by atoms with van der Waals surface area (Å²) in [5, 5.41) is 2.43. The normalized spacial score (nSPS) is 15.3. The van der Waals surface area contributed by atoms with Crippen molar-refractivity contribution >= 4 is 44.3 Å². The second kappa shape index (κ2) is 16.4. The number of nitrogens with zero attached hydrogens (tertiary/aromatic N) is 2. The van der Waals surface area contributed by atoms with Crippen LogP contribution in [-0.2, 0) is 5.41 Å². The number of allylic oxidation sites excluding steroid dienone is 9. The summed E-state index contributed by atoms with van der Waals surface area (Å²) < 4.78 is 2.37. The fourth-order valence-electron chi connectivity index (χ4n) is 10.8. The van der Waals surface area contributed by atoms with Crippen molar-refractivity contribution in [3.05, 3.63) is 282 Å². The molecule has 1 unspecified atom stereocenters. The standard InChI is InChI=1S/C64H50N2/c1-6-19-58-52(8-3)53-24-12-15-27-59(53)64(58)60-28-16-13-25-54(60)55-38-37-51(42-61(55)64)65(49-35-31-46(32-36-49)45-21-10-9-11-22-45)48(7-2)34-30-44(5)47-33-39-63-57(41-47)56-26-14-17-29-62(56)66(63)50-23-18-20-43(4)40-50/h6-42H,3,5H2,1-2,4H3/b19-6-,34-30-,48-7+. The van der Waals surface area contributed by atoms with Crippen molar-refractivity contribution < 1.29 is 0 Å². The van der Waals surface area contributed by atoms with Crippen LogP contribution in [0.3, 0.4) is 0 Å². The fourth-order valence-corrected chi connectivity index (χ4v) is 10.8. The molecule has 2 aliphatic rings. The quantitative estimate of drug-likeness (QED) is 0.125. The van der Waals surface area contributed by atoms with Gasteiger partial charge in [-0.15, -0.1) is 0 Å². The predicted molar refractivity (Wildman–Crippen MR) is 282 cm³/mol. The predicted octanol–water partition coefficient (Wildman–Crippen LogP) is 16.9. The Bertz CT molecular complexity index is 3530. The van der Waals surface area contributed by atoms with E-state index in [1.807, 2.05) is 6.08 Å². The number of aromatic nitrogens is 1. The van der Waals surface area contributed by atoms with Crippen LogP contribution in [0.5, 0.6) is 0 Å². The van der Waals surface area contributed by atoms with Crippen molar-refractivity contribution in [3.63, 3.8) is 0 Å². The topological polar surface area (TPSA) is 8.17 Å². The van der Waals surface area contributed by atoms with Gasteiger partial charge in [0.15, 0.2) is 0 Å². The molecule has 0 saturated carbocycles. The zero-order valence-electron chi connectivity index (χ0n) is 37.7. The van der Waals surface area contributed by atoms with Crippen LogP contribution in [0.4, 0.5) is 11.4 Å². The number of hydrogen-bond donors (Lipinski definition) is 0. The monoisotopic (exact) mass is 846 g/mol. The highest BCUT2D eigenvalue weighted by Gasteiger charge is 2.52. The van der Waals surface area contributed by atoms with Crippen LogP contribution in [0.1, 0.15) is 47.2 Å². The Morgan fingerprint density at radius 2 is 1.23 bits per heavy atom. The molecule has 0 radical (unpaired) electrons. The fraction of sp³-hybridized carbons (Fsp3) is 0.0625. The summed E-state index contributed by atoms with van der Waals surface area (Å²) in [6, 6.07) is 68.7. The molecule has 1 aromatic heterocycles. The summed E-state index contributed by atoms with van der Waals surface area (Å²) >= 11 is 0. The number of rotatable bonds is 10. The minimum Gasteiger partial charge on any atom is -0.311 e. The van der Waals surface area contributed by atoms with Crippen molar-refractivity contribution in [3.8, 4) is 27.9 Å². The number of aryl methyl sites for hydroxylation is 1. The van der Waals surface area contributed by atoms with Crippen LogP contribution < -0.4 is 4.90 Å². The maximum atomic E-state index is 4.67. The molecular formula is C64H50N2. The lowest BCUT2D eigenvalue weighted by Gasteiger charge is -2.33. The van der Waals surface area contributed by atoms with E-state index in [1.165, 1.54) is 83.0 Å². The third kappa shape index (κ3) is 6.32. The van der Waals surface area contributed by atoms with Crippen molar-refractivity contribution in [2.45, 2.75) is 26.2 Å². The summed E-state index contributed by atoms with van der Waals surface area (Å²) in [4.78, 5) is 2.39. The molecule has 1 heterocycles. The van der Waals surface area contributed by atoms with Gasteiger partial charge in [-0.25, -0.2) is 0 Å². The Kier molecular flexibility index (Phi) is 10.1. The van der Waals surface area contributed by atoms with E-state index >= 15 is 0 Å². The highest BCUT2D eigenvalue weighted by atomic mass is 15.1. The van der Waals surface area contributed by atoms with Crippen molar-refractivity contribution in [1.82, 2.24) is 4.57 Å². The smallest absolute Gasteiger partial charge is 0.0726 e. The lowest BCUT2D eigenvalue weighted by molar-refractivity contribution is 0.785. The molecule has 66 heavy (non-hydrogen) atoms. The molecule has 0 saturated heterocycles. The average Bonchev–Trinajstić information content (AvgIpc) is 3.96. The number of anilines is 2. The van der Waals surface area contributed by atoms with E-state index < -0.39 is 5.41 Å². The molecule has 0 aliphatic heterocycles. The minimum absolute atomic E-state index is 0.515. The molecule has 2 heteroatoms. The summed E-state index contributed by atoms with van der Waals surface area (Å²) in [5.74, 6) is 0. The zero-order chi connectivity index (χ0) is 44.9. The molecule has 0 bridgehead atoms. The number of hydrogen-bond acceptors (Lipinski definition) is 1. The average molecular weight is 847 g/mol. The first-order valence-corrected chi connectivity index (χ1v) is 22.9. The van der Waals surface area contributed by atoms with Crippen LogP contribution in [0, 0.1) is 6.92 Å². The molecule has 0 amide bonds. The summed E-state index contributed by atoms with van der Waals surface area (Å²) in [5.41, 5.74) is 21.9. The van der Waals surface area contributed by atoms with Gasteiger partial charge < -0.3 is 9.47 Å². The van der Waals surface area contributed by atoms with E-state index in [0.717, 1.165) is 33.9 Å². The highest BCUT2D eigenvalue weighted by Crippen LogP contribution is 2.63. The van der Waals surface area contributed by atoms with Crippen LogP contribution in [-0.4, -0.2) is 4.57 Å². The van der Waals surface area contributed by atoms with Gasteiger partial charge in [0.25, 0.3) is 0 Å². The van der Waals surface area contributed by atoms with Gasteiger partial charge in [-0.3, -0.25) is 0 Å². The third-order valence-corrected chi connectivity index (χ3v) is 13.7. The molecule has 1 spiro atoms. The molecule has 0 N–H and O–H groups in total. The Hall–Kier alpha value is -8.20. The molecular weight excluding hydrogens is 797 g/mol. The Morgan fingerprint density at radius 1 is 0.561 bits per heavy atom. The first-order chi connectivity index (χ1) is 32.4. The summed E-state index contributed by atoms with van der Waals surface area (Å²) in [6.45, 7) is 15.4. The lowest BCUT2D eigenvalue weighted by atomic mass is 9.69. The van der Waals surface area contributed by atoms with Gasteiger partial charge in [-0.2, -0.15) is 0 Å². The maximum absolute atomic E-state index is 4.67. The molecule has 2 nitrogen and oxygen atoms in total. The third-order valence-electron chi connectivity index (χ3n) is 13.7. The van der Waals surface area contributed by atoms with Crippen LogP contribution in [0.25, 0.3) is 60.9 Å². The van der Waals surface area contributed by atoms with E-state index in [1.54, 1.807) is 0 Å².